The molecule has 1 aromatic heterocycles. The van der Waals surface area contributed by atoms with Crippen molar-refractivity contribution in [3.8, 4) is 5.75 Å². The van der Waals surface area contributed by atoms with Crippen LogP contribution < -0.4 is 4.74 Å². The Kier molecular flexibility index (Phi) is 6.45. The number of methoxy groups -OCH3 is 1. The fourth-order valence-corrected chi connectivity index (χ4v) is 3.51. The third kappa shape index (κ3) is 4.32. The molecule has 0 unspecified atom stereocenters. The summed E-state index contributed by atoms with van der Waals surface area (Å²) in [5, 5.41) is 1.03. The van der Waals surface area contributed by atoms with Crippen molar-refractivity contribution >= 4 is 22.8 Å². The largest absolute Gasteiger partial charge is 0.479 e. The third-order valence-electron chi connectivity index (χ3n) is 5.24. The topological polar surface area (TPSA) is 66.8 Å². The molecule has 0 aliphatic rings. The molecule has 0 amide bonds. The number of carbonyl (C=O) groups excluding carboxylic acids is 2. The molecule has 2 aromatic carbocycles. The summed E-state index contributed by atoms with van der Waals surface area (Å²) in [4.78, 5) is 23.7. The lowest BCUT2D eigenvalue weighted by atomic mass is 10.1. The van der Waals surface area contributed by atoms with Crippen molar-refractivity contribution in [3.63, 3.8) is 0 Å². The number of aromatic nitrogens is 1. The number of hydrogen-bond acceptors (Lipinski definition) is 5. The van der Waals surface area contributed by atoms with Crippen LogP contribution in [0.15, 0.2) is 42.5 Å². The van der Waals surface area contributed by atoms with E-state index in [9.17, 15) is 9.59 Å². The van der Waals surface area contributed by atoms with Crippen LogP contribution in [0.2, 0.25) is 0 Å². The van der Waals surface area contributed by atoms with Crippen molar-refractivity contribution in [2.24, 2.45) is 0 Å². The van der Waals surface area contributed by atoms with Gasteiger partial charge in [-0.15, -0.1) is 0 Å². The number of ether oxygens (including phenoxy) is 3. The average Bonchev–Trinajstić information content (AvgIpc) is 2.98. The summed E-state index contributed by atoms with van der Waals surface area (Å²) in [6, 6.07) is 13.3. The molecule has 3 rings (SSSR count). The fraction of sp³-hybridized carbons (Fsp3) is 0.333. The highest BCUT2D eigenvalue weighted by Gasteiger charge is 2.17. The second-order valence-electron chi connectivity index (χ2n) is 7.18. The zero-order chi connectivity index (χ0) is 21.8. The van der Waals surface area contributed by atoms with E-state index in [0.29, 0.717) is 24.5 Å². The van der Waals surface area contributed by atoms with Gasteiger partial charge in [-0.25, -0.2) is 9.59 Å². The summed E-state index contributed by atoms with van der Waals surface area (Å²) in [6.07, 6.45) is -0.678. The lowest BCUT2D eigenvalue weighted by Gasteiger charge is -2.14. The highest BCUT2D eigenvalue weighted by atomic mass is 16.6. The lowest BCUT2D eigenvalue weighted by molar-refractivity contribution is -0.147. The molecule has 0 N–H and O–H groups in total. The Morgan fingerprint density at radius 3 is 2.57 bits per heavy atom. The number of esters is 2. The number of hydrogen-bond donors (Lipinski definition) is 0. The molecule has 0 fully saturated rings. The van der Waals surface area contributed by atoms with Crippen LogP contribution in [0.1, 0.15) is 41.0 Å². The molecule has 0 radical (unpaired) electrons. The zero-order valence-corrected chi connectivity index (χ0v) is 18.0. The average molecular weight is 409 g/mol. The van der Waals surface area contributed by atoms with Gasteiger partial charge in [0.25, 0.3) is 0 Å². The number of fused-ring (bicyclic) bond motifs is 1. The molecule has 1 atom stereocenters. The Morgan fingerprint density at radius 2 is 1.87 bits per heavy atom. The van der Waals surface area contributed by atoms with Crippen LogP contribution in [0.5, 0.6) is 5.75 Å². The summed E-state index contributed by atoms with van der Waals surface area (Å²) in [5.41, 5.74) is 4.89. The van der Waals surface area contributed by atoms with Crippen molar-refractivity contribution in [1.29, 1.82) is 0 Å². The van der Waals surface area contributed by atoms with E-state index in [1.54, 1.807) is 19.9 Å². The smallest absolute Gasteiger partial charge is 0.346 e. The molecule has 6 nitrogen and oxygen atoms in total. The molecule has 0 saturated heterocycles. The number of nitrogens with zero attached hydrogens (tertiary/aromatic N) is 1. The van der Waals surface area contributed by atoms with Crippen LogP contribution in [0.4, 0.5) is 0 Å². The molecule has 158 valence electrons. The first-order chi connectivity index (χ1) is 14.3. The molecule has 3 aromatic rings. The maximum Gasteiger partial charge on any atom is 0.346 e. The normalized spacial score (nSPS) is 11.9. The van der Waals surface area contributed by atoms with E-state index in [1.165, 1.54) is 7.11 Å². The summed E-state index contributed by atoms with van der Waals surface area (Å²) in [6.45, 7) is 8.57. The summed E-state index contributed by atoms with van der Waals surface area (Å²) >= 11 is 0. The molecule has 1 heterocycles. The summed E-state index contributed by atoms with van der Waals surface area (Å²) in [5.74, 6) is -0.115. The summed E-state index contributed by atoms with van der Waals surface area (Å²) < 4.78 is 17.8. The van der Waals surface area contributed by atoms with Crippen LogP contribution >= 0.6 is 0 Å². The van der Waals surface area contributed by atoms with Gasteiger partial charge in [0.05, 0.1) is 19.3 Å². The van der Waals surface area contributed by atoms with Crippen molar-refractivity contribution in [3.05, 3.63) is 64.8 Å². The van der Waals surface area contributed by atoms with Crippen LogP contribution in [0, 0.1) is 13.8 Å². The Morgan fingerprint density at radius 1 is 1.10 bits per heavy atom. The van der Waals surface area contributed by atoms with Gasteiger partial charge in [-0.05, 0) is 69.2 Å². The molecular formula is C24H27NO5. The maximum atomic E-state index is 12.1. The van der Waals surface area contributed by atoms with E-state index in [2.05, 4.69) is 18.4 Å². The second kappa shape index (κ2) is 9.03. The molecular weight excluding hydrogens is 382 g/mol. The van der Waals surface area contributed by atoms with Gasteiger partial charge in [0, 0.05) is 23.1 Å². The third-order valence-corrected chi connectivity index (χ3v) is 5.24. The SMILES string of the molecule is CCOC(=O)c1ccc2c(c1)c(C)c(C)n2Cc1cccc(O[C@@H](C)C(=O)OC)c1. The highest BCUT2D eigenvalue weighted by Crippen LogP contribution is 2.28. The van der Waals surface area contributed by atoms with Gasteiger partial charge >= 0.3 is 11.9 Å². The first-order valence-electron chi connectivity index (χ1n) is 9.95. The Bertz CT molecular complexity index is 1080. The van der Waals surface area contributed by atoms with Gasteiger partial charge in [0.2, 0.25) is 0 Å². The predicted octanol–water partition coefficient (Wildman–Crippen LogP) is 4.42. The van der Waals surface area contributed by atoms with E-state index in [4.69, 9.17) is 14.2 Å². The van der Waals surface area contributed by atoms with Gasteiger partial charge in [0.1, 0.15) is 5.75 Å². The van der Waals surface area contributed by atoms with Crippen LogP contribution in [-0.4, -0.2) is 36.3 Å². The Labute approximate surface area is 176 Å². The molecule has 6 heteroatoms. The van der Waals surface area contributed by atoms with Gasteiger partial charge in [-0.2, -0.15) is 0 Å². The van der Waals surface area contributed by atoms with Gasteiger partial charge in [0.15, 0.2) is 6.10 Å². The van der Waals surface area contributed by atoms with Crippen molar-refractivity contribution in [2.45, 2.75) is 40.3 Å². The minimum Gasteiger partial charge on any atom is -0.479 e. The number of aryl methyl sites for hydroxylation is 1. The second-order valence-corrected chi connectivity index (χ2v) is 7.18. The Hall–Kier alpha value is -3.28. The standard InChI is InChI=1S/C24H27NO5/c1-6-29-24(27)19-10-11-22-21(13-19)15(2)16(3)25(22)14-18-8-7-9-20(12-18)30-17(4)23(26)28-5/h7-13,17H,6,14H2,1-5H3/t17-/m0/s1. The molecule has 0 saturated carbocycles. The maximum absolute atomic E-state index is 12.1. The van der Waals surface area contributed by atoms with Crippen LogP contribution in [-0.2, 0) is 20.8 Å². The minimum absolute atomic E-state index is 0.311. The molecule has 0 aliphatic heterocycles. The lowest BCUT2D eigenvalue weighted by Crippen LogP contribution is -2.24. The number of carbonyl (C=O) groups is 2. The fourth-order valence-electron chi connectivity index (χ4n) is 3.51. The quantitative estimate of drug-likeness (QED) is 0.540. The van der Waals surface area contributed by atoms with Crippen LogP contribution in [0.25, 0.3) is 10.9 Å². The van der Waals surface area contributed by atoms with Gasteiger partial charge in [-0.1, -0.05) is 12.1 Å². The molecule has 0 aliphatic carbocycles. The Balaban J connectivity index is 1.91. The van der Waals surface area contributed by atoms with Gasteiger partial charge in [-0.3, -0.25) is 0 Å². The van der Waals surface area contributed by atoms with Crippen molar-refractivity contribution < 1.29 is 23.8 Å². The van der Waals surface area contributed by atoms with Gasteiger partial charge < -0.3 is 18.8 Å². The predicted molar refractivity (Wildman–Crippen MR) is 115 cm³/mol. The van der Waals surface area contributed by atoms with E-state index >= 15 is 0 Å². The summed E-state index contributed by atoms with van der Waals surface area (Å²) in [7, 11) is 1.34. The van der Waals surface area contributed by atoms with Crippen molar-refractivity contribution in [2.75, 3.05) is 13.7 Å². The van der Waals surface area contributed by atoms with E-state index < -0.39 is 12.1 Å². The molecule has 0 bridgehead atoms. The minimum atomic E-state index is -0.678. The van der Waals surface area contributed by atoms with E-state index in [-0.39, 0.29) is 5.97 Å². The first-order valence-corrected chi connectivity index (χ1v) is 9.95. The van der Waals surface area contributed by atoms with Crippen LogP contribution in [0.3, 0.4) is 0 Å². The number of rotatable bonds is 7. The molecule has 0 spiro atoms. The van der Waals surface area contributed by atoms with Crippen molar-refractivity contribution in [1.82, 2.24) is 4.57 Å². The molecule has 30 heavy (non-hydrogen) atoms. The number of benzene rings is 2. The first kappa shape index (κ1) is 21.4. The highest BCUT2D eigenvalue weighted by molar-refractivity contribution is 5.96. The zero-order valence-electron chi connectivity index (χ0n) is 18.0. The monoisotopic (exact) mass is 409 g/mol. The van der Waals surface area contributed by atoms with E-state index in [1.807, 2.05) is 36.4 Å². The van der Waals surface area contributed by atoms with E-state index in [0.717, 1.165) is 27.7 Å².